The first-order valence-electron chi connectivity index (χ1n) is 5.48. The number of rotatable bonds is 3. The van der Waals surface area contributed by atoms with Crippen molar-refractivity contribution in [3.63, 3.8) is 0 Å². The number of para-hydroxylation sites is 2. The van der Waals surface area contributed by atoms with Crippen LogP contribution in [0.2, 0.25) is 0 Å². The average molecular weight is 244 g/mol. The molecule has 90 valence electrons. The number of hydrogen-bond donors (Lipinski definition) is 2. The maximum atomic E-state index is 9.50. The lowest BCUT2D eigenvalue weighted by molar-refractivity contribution is 0.212. The third-order valence-corrected chi connectivity index (χ3v) is 2.74. The molecule has 1 unspecified atom stereocenters. The van der Waals surface area contributed by atoms with E-state index < -0.39 is 0 Å². The minimum absolute atomic E-state index is 0. The normalized spacial score (nSPS) is 19.9. The summed E-state index contributed by atoms with van der Waals surface area (Å²) in [4.78, 5) is 0. The van der Waals surface area contributed by atoms with E-state index in [-0.39, 0.29) is 18.2 Å². The van der Waals surface area contributed by atoms with Crippen molar-refractivity contribution in [2.45, 2.75) is 12.8 Å². The van der Waals surface area contributed by atoms with Crippen molar-refractivity contribution < 1.29 is 9.84 Å². The molecule has 1 fully saturated rings. The molecule has 1 heterocycles. The molecule has 1 aliphatic heterocycles. The maximum Gasteiger partial charge on any atom is 0.160 e. The second-order valence-electron chi connectivity index (χ2n) is 3.99. The Morgan fingerprint density at radius 3 is 2.88 bits per heavy atom. The molecule has 1 aliphatic rings. The van der Waals surface area contributed by atoms with E-state index in [1.165, 1.54) is 12.8 Å². The highest BCUT2D eigenvalue weighted by atomic mass is 35.5. The summed E-state index contributed by atoms with van der Waals surface area (Å²) < 4.78 is 5.59. The van der Waals surface area contributed by atoms with E-state index in [2.05, 4.69) is 5.32 Å². The number of halogens is 1. The van der Waals surface area contributed by atoms with Gasteiger partial charge in [0.15, 0.2) is 11.5 Å². The molecule has 1 aromatic rings. The van der Waals surface area contributed by atoms with Crippen LogP contribution in [0, 0.1) is 5.92 Å². The molecule has 0 aliphatic carbocycles. The van der Waals surface area contributed by atoms with Crippen LogP contribution in [0.25, 0.3) is 0 Å². The van der Waals surface area contributed by atoms with Crippen molar-refractivity contribution in [2.75, 3.05) is 19.7 Å². The Labute approximate surface area is 102 Å². The zero-order valence-electron chi connectivity index (χ0n) is 9.19. The highest BCUT2D eigenvalue weighted by Crippen LogP contribution is 2.25. The van der Waals surface area contributed by atoms with Gasteiger partial charge in [0.1, 0.15) is 0 Å². The van der Waals surface area contributed by atoms with Gasteiger partial charge in [-0.25, -0.2) is 0 Å². The van der Waals surface area contributed by atoms with Gasteiger partial charge in [0.25, 0.3) is 0 Å². The Morgan fingerprint density at radius 1 is 1.38 bits per heavy atom. The van der Waals surface area contributed by atoms with E-state index in [0.717, 1.165) is 13.1 Å². The van der Waals surface area contributed by atoms with E-state index >= 15 is 0 Å². The molecule has 1 atom stereocenters. The molecular formula is C12H18ClNO2. The standard InChI is InChI=1S/C12H17NO2.ClH/c14-11-5-1-2-6-12(11)15-9-10-4-3-7-13-8-10;/h1-2,5-6,10,13-14H,3-4,7-9H2;1H. The van der Waals surface area contributed by atoms with Crippen LogP contribution in [0.4, 0.5) is 0 Å². The minimum atomic E-state index is 0. The van der Waals surface area contributed by atoms with E-state index in [0.29, 0.717) is 18.3 Å². The molecule has 0 aromatic heterocycles. The zero-order chi connectivity index (χ0) is 10.5. The van der Waals surface area contributed by atoms with Gasteiger partial charge in [0, 0.05) is 12.5 Å². The summed E-state index contributed by atoms with van der Waals surface area (Å²) in [6.45, 7) is 2.82. The van der Waals surface area contributed by atoms with Crippen LogP contribution in [0.5, 0.6) is 11.5 Å². The lowest BCUT2D eigenvalue weighted by Gasteiger charge is -2.22. The smallest absolute Gasteiger partial charge is 0.160 e. The lowest BCUT2D eigenvalue weighted by Crippen LogP contribution is -2.33. The van der Waals surface area contributed by atoms with E-state index in [1.807, 2.05) is 6.07 Å². The fourth-order valence-corrected chi connectivity index (χ4v) is 1.85. The Morgan fingerprint density at radius 2 is 2.19 bits per heavy atom. The highest BCUT2D eigenvalue weighted by Gasteiger charge is 2.13. The topological polar surface area (TPSA) is 41.5 Å². The van der Waals surface area contributed by atoms with Gasteiger partial charge in [-0.3, -0.25) is 0 Å². The molecule has 0 spiro atoms. The number of phenolic OH excluding ortho intramolecular Hbond substituents is 1. The second-order valence-corrected chi connectivity index (χ2v) is 3.99. The molecule has 4 heteroatoms. The van der Waals surface area contributed by atoms with Gasteiger partial charge in [-0.2, -0.15) is 0 Å². The number of hydrogen-bond acceptors (Lipinski definition) is 3. The van der Waals surface area contributed by atoms with Crippen molar-refractivity contribution >= 4 is 12.4 Å². The molecule has 0 saturated carbocycles. The van der Waals surface area contributed by atoms with Crippen molar-refractivity contribution in [1.29, 1.82) is 0 Å². The molecule has 2 N–H and O–H groups in total. The fourth-order valence-electron chi connectivity index (χ4n) is 1.85. The number of benzene rings is 1. The van der Waals surface area contributed by atoms with Crippen LogP contribution in [0.3, 0.4) is 0 Å². The predicted octanol–water partition coefficient (Wildman–Crippen LogP) is 2.19. The summed E-state index contributed by atoms with van der Waals surface area (Å²) in [5.74, 6) is 1.38. The Bertz CT molecular complexity index is 314. The quantitative estimate of drug-likeness (QED) is 0.855. The van der Waals surface area contributed by atoms with Gasteiger partial charge in [-0.05, 0) is 31.5 Å². The number of piperidine rings is 1. The van der Waals surface area contributed by atoms with Crippen LogP contribution in [-0.4, -0.2) is 24.8 Å². The van der Waals surface area contributed by atoms with Crippen molar-refractivity contribution in [1.82, 2.24) is 5.32 Å². The number of ether oxygens (including phenoxy) is 1. The average Bonchev–Trinajstić information content (AvgIpc) is 2.29. The van der Waals surface area contributed by atoms with Crippen LogP contribution >= 0.6 is 12.4 Å². The van der Waals surface area contributed by atoms with Gasteiger partial charge in [-0.1, -0.05) is 12.1 Å². The molecule has 1 aromatic carbocycles. The summed E-state index contributed by atoms with van der Waals surface area (Å²) in [6, 6.07) is 7.11. The summed E-state index contributed by atoms with van der Waals surface area (Å²) in [7, 11) is 0. The summed E-state index contributed by atoms with van der Waals surface area (Å²) in [5.41, 5.74) is 0. The van der Waals surface area contributed by atoms with Gasteiger partial charge >= 0.3 is 0 Å². The largest absolute Gasteiger partial charge is 0.504 e. The second kappa shape index (κ2) is 6.61. The molecule has 0 bridgehead atoms. The Hall–Kier alpha value is -0.930. The van der Waals surface area contributed by atoms with E-state index in [4.69, 9.17) is 4.74 Å². The van der Waals surface area contributed by atoms with Gasteiger partial charge in [-0.15, -0.1) is 12.4 Å². The Kier molecular flexibility index (Phi) is 5.43. The van der Waals surface area contributed by atoms with Crippen LogP contribution in [-0.2, 0) is 0 Å². The zero-order valence-corrected chi connectivity index (χ0v) is 10.0. The summed E-state index contributed by atoms with van der Waals surface area (Å²) >= 11 is 0. The van der Waals surface area contributed by atoms with Crippen LogP contribution < -0.4 is 10.1 Å². The summed E-state index contributed by atoms with van der Waals surface area (Å²) in [5, 5.41) is 12.8. The third-order valence-electron chi connectivity index (χ3n) is 2.74. The number of phenols is 1. The van der Waals surface area contributed by atoms with E-state index in [1.54, 1.807) is 18.2 Å². The molecule has 3 nitrogen and oxygen atoms in total. The van der Waals surface area contributed by atoms with E-state index in [9.17, 15) is 5.11 Å². The van der Waals surface area contributed by atoms with Crippen LogP contribution in [0.15, 0.2) is 24.3 Å². The SMILES string of the molecule is Cl.Oc1ccccc1OCC1CCCNC1. The lowest BCUT2D eigenvalue weighted by atomic mass is 10.0. The molecule has 16 heavy (non-hydrogen) atoms. The fraction of sp³-hybridized carbons (Fsp3) is 0.500. The molecule has 0 amide bonds. The first-order valence-corrected chi connectivity index (χ1v) is 5.48. The number of aromatic hydroxyl groups is 1. The van der Waals surface area contributed by atoms with Gasteiger partial charge in [0.2, 0.25) is 0 Å². The first kappa shape index (κ1) is 13.1. The minimum Gasteiger partial charge on any atom is -0.504 e. The molecule has 2 rings (SSSR count). The molecule has 0 radical (unpaired) electrons. The summed E-state index contributed by atoms with van der Waals surface area (Å²) in [6.07, 6.45) is 2.43. The van der Waals surface area contributed by atoms with Gasteiger partial charge < -0.3 is 15.2 Å². The predicted molar refractivity (Wildman–Crippen MR) is 66.4 cm³/mol. The van der Waals surface area contributed by atoms with Crippen molar-refractivity contribution in [2.24, 2.45) is 5.92 Å². The number of nitrogens with one attached hydrogen (secondary N) is 1. The van der Waals surface area contributed by atoms with Crippen LogP contribution in [0.1, 0.15) is 12.8 Å². The highest BCUT2D eigenvalue weighted by molar-refractivity contribution is 5.85. The monoisotopic (exact) mass is 243 g/mol. The van der Waals surface area contributed by atoms with Crippen molar-refractivity contribution in [3.05, 3.63) is 24.3 Å². The van der Waals surface area contributed by atoms with Gasteiger partial charge in [0.05, 0.1) is 6.61 Å². The van der Waals surface area contributed by atoms with Crippen molar-refractivity contribution in [3.8, 4) is 11.5 Å². The first-order chi connectivity index (χ1) is 7.36. The molecule has 1 saturated heterocycles. The Balaban J connectivity index is 0.00000128. The molecular weight excluding hydrogens is 226 g/mol. The maximum absolute atomic E-state index is 9.50. The third kappa shape index (κ3) is 3.58.